The predicted octanol–water partition coefficient (Wildman–Crippen LogP) is 4.15. The van der Waals surface area contributed by atoms with E-state index in [-0.39, 0.29) is 23.7 Å². The Labute approximate surface area is 159 Å². The molecule has 2 fully saturated rings. The van der Waals surface area contributed by atoms with Crippen molar-refractivity contribution in [3.05, 3.63) is 23.2 Å². The molecular formula is C20H27ClN2O3. The van der Waals surface area contributed by atoms with Crippen LogP contribution in [-0.4, -0.2) is 25.0 Å². The molecule has 1 aromatic carbocycles. The van der Waals surface area contributed by atoms with Crippen molar-refractivity contribution in [1.29, 1.82) is 0 Å². The Balaban J connectivity index is 1.50. The minimum absolute atomic E-state index is 0.0276. The Kier molecular flexibility index (Phi) is 6.41. The van der Waals surface area contributed by atoms with Crippen molar-refractivity contribution >= 4 is 29.1 Å². The lowest BCUT2D eigenvalue weighted by Gasteiger charge is -2.28. The molecule has 5 nitrogen and oxygen atoms in total. The molecule has 0 saturated heterocycles. The van der Waals surface area contributed by atoms with Crippen LogP contribution in [0.4, 0.5) is 5.69 Å². The van der Waals surface area contributed by atoms with Crippen LogP contribution >= 0.6 is 11.6 Å². The van der Waals surface area contributed by atoms with Crippen LogP contribution in [0.25, 0.3) is 0 Å². The summed E-state index contributed by atoms with van der Waals surface area (Å²) in [5.74, 6) is 0.703. The smallest absolute Gasteiger partial charge is 0.227 e. The number of carbonyl (C=O) groups is 2. The highest BCUT2D eigenvalue weighted by molar-refractivity contribution is 6.31. The van der Waals surface area contributed by atoms with Gasteiger partial charge in [-0.25, -0.2) is 0 Å². The number of nitrogens with one attached hydrogen (secondary N) is 2. The molecule has 2 amide bonds. The molecule has 0 spiro atoms. The van der Waals surface area contributed by atoms with Crippen LogP contribution in [0.15, 0.2) is 18.2 Å². The summed E-state index contributed by atoms with van der Waals surface area (Å²) in [5, 5.41) is 6.66. The molecule has 26 heavy (non-hydrogen) atoms. The minimum Gasteiger partial charge on any atom is -0.495 e. The van der Waals surface area contributed by atoms with Gasteiger partial charge in [-0.3, -0.25) is 9.59 Å². The van der Waals surface area contributed by atoms with Gasteiger partial charge in [-0.05, 0) is 56.7 Å². The van der Waals surface area contributed by atoms with Crippen molar-refractivity contribution in [1.82, 2.24) is 5.32 Å². The highest BCUT2D eigenvalue weighted by Crippen LogP contribution is 2.33. The SMILES string of the molecule is COc1ccc(Cl)cc1NC(=O)C1CCC(C(=O)NC2CCCC2)CC1. The summed E-state index contributed by atoms with van der Waals surface area (Å²) in [6.45, 7) is 0. The van der Waals surface area contributed by atoms with E-state index in [1.807, 2.05) is 0 Å². The molecule has 3 rings (SSSR count). The van der Waals surface area contributed by atoms with E-state index in [1.165, 1.54) is 12.8 Å². The van der Waals surface area contributed by atoms with Gasteiger partial charge in [-0.2, -0.15) is 0 Å². The fourth-order valence-corrected chi connectivity index (χ4v) is 4.19. The van der Waals surface area contributed by atoms with E-state index in [2.05, 4.69) is 10.6 Å². The van der Waals surface area contributed by atoms with Gasteiger partial charge in [0.05, 0.1) is 12.8 Å². The number of benzene rings is 1. The topological polar surface area (TPSA) is 67.4 Å². The van der Waals surface area contributed by atoms with E-state index in [1.54, 1.807) is 25.3 Å². The van der Waals surface area contributed by atoms with Gasteiger partial charge in [0.15, 0.2) is 0 Å². The number of amides is 2. The molecule has 0 unspecified atom stereocenters. The average Bonchev–Trinajstić information content (AvgIpc) is 3.15. The molecule has 2 aliphatic carbocycles. The summed E-state index contributed by atoms with van der Waals surface area (Å²) in [4.78, 5) is 25.0. The lowest BCUT2D eigenvalue weighted by molar-refractivity contribution is -0.129. The van der Waals surface area contributed by atoms with Crippen LogP contribution in [-0.2, 0) is 9.59 Å². The molecule has 2 aliphatic rings. The first-order valence-electron chi connectivity index (χ1n) is 9.51. The number of hydrogen-bond donors (Lipinski definition) is 2. The number of rotatable bonds is 5. The lowest BCUT2D eigenvalue weighted by atomic mass is 9.81. The molecular weight excluding hydrogens is 352 g/mol. The van der Waals surface area contributed by atoms with Gasteiger partial charge in [0.1, 0.15) is 5.75 Å². The summed E-state index contributed by atoms with van der Waals surface area (Å²) in [5.41, 5.74) is 0.589. The molecule has 1 aromatic rings. The fourth-order valence-electron chi connectivity index (χ4n) is 4.02. The number of methoxy groups -OCH3 is 1. The first kappa shape index (κ1) is 19.0. The quantitative estimate of drug-likeness (QED) is 0.808. The summed E-state index contributed by atoms with van der Waals surface area (Å²) in [6.07, 6.45) is 7.63. The zero-order valence-corrected chi connectivity index (χ0v) is 16.0. The van der Waals surface area contributed by atoms with Gasteiger partial charge in [-0.15, -0.1) is 0 Å². The maximum atomic E-state index is 12.6. The summed E-state index contributed by atoms with van der Waals surface area (Å²) in [7, 11) is 1.56. The third-order valence-electron chi connectivity index (χ3n) is 5.59. The van der Waals surface area contributed by atoms with Crippen LogP contribution in [0.2, 0.25) is 5.02 Å². The molecule has 0 atom stereocenters. The number of hydrogen-bond acceptors (Lipinski definition) is 3. The molecule has 0 aliphatic heterocycles. The maximum absolute atomic E-state index is 12.6. The van der Waals surface area contributed by atoms with Crippen molar-refractivity contribution in [3.63, 3.8) is 0 Å². The molecule has 0 heterocycles. The number of carbonyl (C=O) groups excluding carboxylic acids is 2. The Morgan fingerprint density at radius 2 is 1.62 bits per heavy atom. The molecule has 0 bridgehead atoms. The standard InChI is InChI=1S/C20H27ClN2O3/c1-26-18-11-10-15(21)12-17(18)23-20(25)14-8-6-13(7-9-14)19(24)22-16-4-2-3-5-16/h10-14,16H,2-9H2,1H3,(H,22,24)(H,23,25). The molecule has 0 aromatic heterocycles. The largest absolute Gasteiger partial charge is 0.495 e. The molecule has 2 saturated carbocycles. The van der Waals surface area contributed by atoms with Gasteiger partial charge in [0.2, 0.25) is 11.8 Å². The van der Waals surface area contributed by atoms with E-state index < -0.39 is 0 Å². The number of anilines is 1. The first-order valence-corrected chi connectivity index (χ1v) is 9.89. The van der Waals surface area contributed by atoms with Crippen LogP contribution in [0.1, 0.15) is 51.4 Å². The number of ether oxygens (including phenoxy) is 1. The Morgan fingerprint density at radius 3 is 2.23 bits per heavy atom. The third kappa shape index (κ3) is 4.70. The first-order chi connectivity index (χ1) is 12.6. The van der Waals surface area contributed by atoms with E-state index >= 15 is 0 Å². The minimum atomic E-state index is -0.0748. The molecule has 0 radical (unpaired) electrons. The van der Waals surface area contributed by atoms with E-state index in [9.17, 15) is 9.59 Å². The average molecular weight is 379 g/mol. The van der Waals surface area contributed by atoms with Crippen LogP contribution in [0, 0.1) is 11.8 Å². The van der Waals surface area contributed by atoms with Gasteiger partial charge in [0.25, 0.3) is 0 Å². The molecule has 6 heteroatoms. The van der Waals surface area contributed by atoms with E-state index in [0.29, 0.717) is 22.5 Å². The van der Waals surface area contributed by atoms with Gasteiger partial charge < -0.3 is 15.4 Å². The van der Waals surface area contributed by atoms with Crippen LogP contribution < -0.4 is 15.4 Å². The summed E-state index contributed by atoms with van der Waals surface area (Å²) in [6, 6.07) is 5.52. The predicted molar refractivity (Wildman–Crippen MR) is 102 cm³/mol. The third-order valence-corrected chi connectivity index (χ3v) is 5.82. The summed E-state index contributed by atoms with van der Waals surface area (Å²) < 4.78 is 5.27. The van der Waals surface area contributed by atoms with Crippen molar-refractivity contribution in [3.8, 4) is 5.75 Å². The second-order valence-electron chi connectivity index (χ2n) is 7.37. The van der Waals surface area contributed by atoms with Gasteiger partial charge in [0, 0.05) is 22.9 Å². The monoisotopic (exact) mass is 378 g/mol. The normalized spacial score (nSPS) is 23.5. The highest BCUT2D eigenvalue weighted by Gasteiger charge is 2.31. The van der Waals surface area contributed by atoms with Crippen LogP contribution in [0.3, 0.4) is 0 Å². The lowest BCUT2D eigenvalue weighted by Crippen LogP contribution is -2.39. The Hall–Kier alpha value is -1.75. The van der Waals surface area contributed by atoms with E-state index in [0.717, 1.165) is 38.5 Å². The van der Waals surface area contributed by atoms with Gasteiger partial charge in [-0.1, -0.05) is 24.4 Å². The maximum Gasteiger partial charge on any atom is 0.227 e. The molecule has 142 valence electrons. The zero-order valence-electron chi connectivity index (χ0n) is 15.2. The second kappa shape index (κ2) is 8.76. The summed E-state index contributed by atoms with van der Waals surface area (Å²) >= 11 is 6.02. The Bertz CT molecular complexity index is 650. The van der Waals surface area contributed by atoms with Crippen LogP contribution in [0.5, 0.6) is 5.75 Å². The zero-order chi connectivity index (χ0) is 18.5. The van der Waals surface area contributed by atoms with Gasteiger partial charge >= 0.3 is 0 Å². The van der Waals surface area contributed by atoms with Crippen molar-refractivity contribution in [2.24, 2.45) is 11.8 Å². The van der Waals surface area contributed by atoms with Crippen molar-refractivity contribution in [2.45, 2.75) is 57.4 Å². The number of halogens is 1. The fraction of sp³-hybridized carbons (Fsp3) is 0.600. The Morgan fingerprint density at radius 1 is 1.00 bits per heavy atom. The second-order valence-corrected chi connectivity index (χ2v) is 7.81. The molecule has 2 N–H and O–H groups in total. The van der Waals surface area contributed by atoms with E-state index in [4.69, 9.17) is 16.3 Å². The van der Waals surface area contributed by atoms with Crippen molar-refractivity contribution in [2.75, 3.05) is 12.4 Å². The highest BCUT2D eigenvalue weighted by atomic mass is 35.5. The van der Waals surface area contributed by atoms with Crippen molar-refractivity contribution < 1.29 is 14.3 Å².